The molecule has 0 radical (unpaired) electrons. The highest BCUT2D eigenvalue weighted by Gasteiger charge is 2.35. The number of aliphatic carboxylic acids is 1. The fourth-order valence-electron chi connectivity index (χ4n) is 3.12. The highest BCUT2D eigenvalue weighted by Crippen LogP contribution is 2.28. The van der Waals surface area contributed by atoms with Gasteiger partial charge in [0.15, 0.2) is 5.69 Å². The minimum atomic E-state index is -1.30. The predicted octanol–water partition coefficient (Wildman–Crippen LogP) is 2.65. The van der Waals surface area contributed by atoms with Gasteiger partial charge in [-0.1, -0.05) is 24.6 Å². The molecule has 1 aromatic carbocycles. The molecule has 6 heteroatoms. The standard InChI is InChI=1S/C19H23N3O3/c1-4-19(3,18(24)25)20-17(23)16-14-6-5-7-15(14)22(21-16)13-10-8-12(2)9-11-13/h8-11H,4-7H2,1-3H3,(H,20,23)(H,24,25). The molecule has 3 rings (SSSR count). The Bertz CT molecular complexity index is 823. The number of aromatic nitrogens is 2. The summed E-state index contributed by atoms with van der Waals surface area (Å²) in [7, 11) is 0. The summed E-state index contributed by atoms with van der Waals surface area (Å²) >= 11 is 0. The highest BCUT2D eigenvalue weighted by molar-refractivity contribution is 5.97. The highest BCUT2D eigenvalue weighted by atomic mass is 16.4. The van der Waals surface area contributed by atoms with Crippen LogP contribution in [0.4, 0.5) is 0 Å². The number of nitrogens with one attached hydrogen (secondary N) is 1. The van der Waals surface area contributed by atoms with Crippen LogP contribution in [-0.2, 0) is 17.6 Å². The van der Waals surface area contributed by atoms with E-state index in [4.69, 9.17) is 0 Å². The first-order chi connectivity index (χ1) is 11.9. The van der Waals surface area contributed by atoms with Gasteiger partial charge >= 0.3 is 5.97 Å². The number of fused-ring (bicyclic) bond motifs is 1. The van der Waals surface area contributed by atoms with Crippen LogP contribution in [0.5, 0.6) is 0 Å². The van der Waals surface area contributed by atoms with Crippen molar-refractivity contribution in [1.82, 2.24) is 15.1 Å². The monoisotopic (exact) mass is 341 g/mol. The van der Waals surface area contributed by atoms with Crippen molar-refractivity contribution in [2.45, 2.75) is 52.0 Å². The van der Waals surface area contributed by atoms with E-state index < -0.39 is 17.4 Å². The Morgan fingerprint density at radius 1 is 1.28 bits per heavy atom. The summed E-state index contributed by atoms with van der Waals surface area (Å²) in [5.41, 5.74) is 3.10. The molecule has 0 fully saturated rings. The molecule has 1 unspecified atom stereocenters. The van der Waals surface area contributed by atoms with Crippen LogP contribution in [0.2, 0.25) is 0 Å². The lowest BCUT2D eigenvalue weighted by molar-refractivity contribution is -0.143. The van der Waals surface area contributed by atoms with E-state index in [0.29, 0.717) is 12.1 Å². The Hall–Kier alpha value is -2.63. The van der Waals surface area contributed by atoms with Crippen molar-refractivity contribution in [3.8, 4) is 5.69 Å². The first-order valence-electron chi connectivity index (χ1n) is 8.59. The summed E-state index contributed by atoms with van der Waals surface area (Å²) in [6, 6.07) is 7.99. The number of hydrogen-bond acceptors (Lipinski definition) is 3. The Morgan fingerprint density at radius 2 is 1.96 bits per heavy atom. The number of benzene rings is 1. The topological polar surface area (TPSA) is 84.2 Å². The van der Waals surface area contributed by atoms with Gasteiger partial charge < -0.3 is 10.4 Å². The average Bonchev–Trinajstić information content (AvgIpc) is 3.17. The molecule has 2 N–H and O–H groups in total. The van der Waals surface area contributed by atoms with E-state index in [0.717, 1.165) is 41.8 Å². The molecule has 2 aromatic rings. The van der Waals surface area contributed by atoms with E-state index in [1.54, 1.807) is 6.92 Å². The number of carbonyl (C=O) groups excluding carboxylic acids is 1. The number of amides is 1. The second-order valence-electron chi connectivity index (χ2n) is 6.82. The van der Waals surface area contributed by atoms with E-state index in [1.807, 2.05) is 35.9 Å². The van der Waals surface area contributed by atoms with E-state index >= 15 is 0 Å². The molecule has 0 spiro atoms. The van der Waals surface area contributed by atoms with Gasteiger partial charge in [0, 0.05) is 11.3 Å². The molecule has 25 heavy (non-hydrogen) atoms. The second kappa shape index (κ2) is 6.35. The van der Waals surface area contributed by atoms with Crippen LogP contribution in [0.25, 0.3) is 5.69 Å². The van der Waals surface area contributed by atoms with Crippen molar-refractivity contribution >= 4 is 11.9 Å². The molecule has 132 valence electrons. The maximum Gasteiger partial charge on any atom is 0.329 e. The van der Waals surface area contributed by atoms with Gasteiger partial charge in [0.25, 0.3) is 5.91 Å². The fourth-order valence-corrected chi connectivity index (χ4v) is 3.12. The van der Waals surface area contributed by atoms with Crippen molar-refractivity contribution in [1.29, 1.82) is 0 Å². The molecule has 1 aliphatic carbocycles. The van der Waals surface area contributed by atoms with Gasteiger partial charge in [-0.25, -0.2) is 9.48 Å². The SMILES string of the molecule is CCC(C)(NC(=O)c1nn(-c2ccc(C)cc2)c2c1CCC2)C(=O)O. The number of carboxylic acids is 1. The minimum Gasteiger partial charge on any atom is -0.480 e. The van der Waals surface area contributed by atoms with Crippen LogP contribution in [0.3, 0.4) is 0 Å². The maximum absolute atomic E-state index is 12.7. The summed E-state index contributed by atoms with van der Waals surface area (Å²) in [6.07, 6.45) is 2.94. The molecule has 1 atom stereocenters. The van der Waals surface area contributed by atoms with Crippen molar-refractivity contribution in [2.24, 2.45) is 0 Å². The maximum atomic E-state index is 12.7. The normalized spacial score (nSPS) is 15.5. The quantitative estimate of drug-likeness (QED) is 0.876. The lowest BCUT2D eigenvalue weighted by atomic mass is 9.99. The lowest BCUT2D eigenvalue weighted by Crippen LogP contribution is -2.52. The molecule has 1 heterocycles. The van der Waals surface area contributed by atoms with Crippen LogP contribution in [-0.4, -0.2) is 32.3 Å². The van der Waals surface area contributed by atoms with Crippen molar-refractivity contribution in [3.63, 3.8) is 0 Å². The summed E-state index contributed by atoms with van der Waals surface area (Å²) < 4.78 is 1.82. The zero-order chi connectivity index (χ0) is 18.2. The third-order valence-corrected chi connectivity index (χ3v) is 4.99. The van der Waals surface area contributed by atoms with Gasteiger partial charge in [-0.2, -0.15) is 5.10 Å². The Balaban J connectivity index is 1.98. The molecule has 0 saturated heterocycles. The Labute approximate surface area is 146 Å². The van der Waals surface area contributed by atoms with Crippen molar-refractivity contribution < 1.29 is 14.7 Å². The molecule has 1 amide bonds. The average molecular weight is 341 g/mol. The largest absolute Gasteiger partial charge is 0.480 e. The number of hydrogen-bond donors (Lipinski definition) is 2. The Morgan fingerprint density at radius 3 is 2.56 bits per heavy atom. The summed E-state index contributed by atoms with van der Waals surface area (Å²) in [4.78, 5) is 24.2. The van der Waals surface area contributed by atoms with Crippen LogP contribution < -0.4 is 5.32 Å². The van der Waals surface area contributed by atoms with Gasteiger partial charge in [0.05, 0.1) is 5.69 Å². The van der Waals surface area contributed by atoms with E-state index in [2.05, 4.69) is 10.4 Å². The number of carbonyl (C=O) groups is 2. The van der Waals surface area contributed by atoms with Crippen LogP contribution in [0.1, 0.15) is 54.0 Å². The van der Waals surface area contributed by atoms with Crippen LogP contribution in [0.15, 0.2) is 24.3 Å². The third kappa shape index (κ3) is 3.04. The third-order valence-electron chi connectivity index (χ3n) is 4.99. The van der Waals surface area contributed by atoms with Gasteiger partial charge in [0.2, 0.25) is 0 Å². The van der Waals surface area contributed by atoms with Gasteiger partial charge in [-0.05, 0) is 51.7 Å². The van der Waals surface area contributed by atoms with Crippen LogP contribution >= 0.6 is 0 Å². The lowest BCUT2D eigenvalue weighted by Gasteiger charge is -2.24. The zero-order valence-electron chi connectivity index (χ0n) is 14.8. The number of rotatable bonds is 5. The summed E-state index contributed by atoms with van der Waals surface area (Å²) in [6.45, 7) is 5.28. The van der Waals surface area contributed by atoms with Crippen LogP contribution in [0, 0.1) is 6.92 Å². The van der Waals surface area contributed by atoms with Crippen molar-refractivity contribution in [2.75, 3.05) is 0 Å². The van der Waals surface area contributed by atoms with Gasteiger partial charge in [0.1, 0.15) is 5.54 Å². The predicted molar refractivity (Wildman–Crippen MR) is 94.1 cm³/mol. The fraction of sp³-hybridized carbons (Fsp3) is 0.421. The van der Waals surface area contributed by atoms with E-state index in [1.165, 1.54) is 6.92 Å². The molecule has 0 bridgehead atoms. The molecule has 1 aromatic heterocycles. The van der Waals surface area contributed by atoms with E-state index in [-0.39, 0.29) is 0 Å². The minimum absolute atomic E-state index is 0.301. The van der Waals surface area contributed by atoms with Gasteiger partial charge in [-0.3, -0.25) is 4.79 Å². The number of aryl methyl sites for hydroxylation is 1. The summed E-state index contributed by atoms with van der Waals surface area (Å²) in [5.74, 6) is -1.46. The molecular weight excluding hydrogens is 318 g/mol. The Kier molecular flexibility index (Phi) is 4.37. The number of carboxylic acid groups (broad SMARTS) is 1. The second-order valence-corrected chi connectivity index (χ2v) is 6.82. The molecule has 0 saturated carbocycles. The van der Waals surface area contributed by atoms with E-state index in [9.17, 15) is 14.7 Å². The van der Waals surface area contributed by atoms with Gasteiger partial charge in [-0.15, -0.1) is 0 Å². The molecular formula is C19H23N3O3. The number of nitrogens with zero attached hydrogens (tertiary/aromatic N) is 2. The molecule has 1 aliphatic rings. The molecule has 0 aliphatic heterocycles. The first kappa shape index (κ1) is 17.2. The molecule has 6 nitrogen and oxygen atoms in total. The zero-order valence-corrected chi connectivity index (χ0v) is 14.8. The first-order valence-corrected chi connectivity index (χ1v) is 8.59. The summed E-state index contributed by atoms with van der Waals surface area (Å²) in [5, 5.41) is 16.6. The smallest absolute Gasteiger partial charge is 0.329 e. The van der Waals surface area contributed by atoms with Crippen molar-refractivity contribution in [3.05, 3.63) is 46.8 Å².